The van der Waals surface area contributed by atoms with Gasteiger partial charge in [0.2, 0.25) is 10.0 Å². The van der Waals surface area contributed by atoms with Gasteiger partial charge < -0.3 is 9.88 Å². The molecule has 3 rings (SSSR count). The maximum absolute atomic E-state index is 13.4. The number of hydrogen-bond donors (Lipinski definition) is 2. The number of hydrogen-bond acceptors (Lipinski definition) is 4. The van der Waals surface area contributed by atoms with E-state index in [0.29, 0.717) is 10.3 Å². The lowest BCUT2D eigenvalue weighted by Gasteiger charge is -2.43. The van der Waals surface area contributed by atoms with Crippen molar-refractivity contribution in [3.8, 4) is 0 Å². The van der Waals surface area contributed by atoms with Gasteiger partial charge in [-0.3, -0.25) is 4.79 Å². The number of sulfonamides is 1. The SMILES string of the molecule is Cn1cc(S(=O)(=O)NC2(C(F)(F)F)CCC2)c(Cl)c1C(=O)Nc1ccnc(Br)c1. The fourth-order valence-electron chi connectivity index (χ4n) is 2.97. The second-order valence-electron chi connectivity index (χ2n) is 6.63. The van der Waals surface area contributed by atoms with Gasteiger partial charge in [-0.25, -0.2) is 13.4 Å². The van der Waals surface area contributed by atoms with Crippen LogP contribution in [0.2, 0.25) is 5.02 Å². The first-order valence-electron chi connectivity index (χ1n) is 8.25. The predicted molar refractivity (Wildman–Crippen MR) is 103 cm³/mol. The lowest BCUT2D eigenvalue weighted by atomic mass is 9.77. The molecule has 29 heavy (non-hydrogen) atoms. The van der Waals surface area contributed by atoms with Gasteiger partial charge in [0.1, 0.15) is 20.7 Å². The van der Waals surface area contributed by atoms with E-state index in [-0.39, 0.29) is 25.0 Å². The number of pyridine rings is 1. The summed E-state index contributed by atoms with van der Waals surface area (Å²) in [5, 5.41) is 2.06. The molecule has 0 spiro atoms. The molecular formula is C16H15BrClF3N4O3S. The van der Waals surface area contributed by atoms with Crippen molar-refractivity contribution in [3.63, 3.8) is 0 Å². The van der Waals surface area contributed by atoms with Crippen LogP contribution in [0.3, 0.4) is 0 Å². The normalized spacial score (nSPS) is 16.3. The Balaban J connectivity index is 1.91. The van der Waals surface area contributed by atoms with Gasteiger partial charge in [0.15, 0.2) is 0 Å². The zero-order valence-electron chi connectivity index (χ0n) is 14.8. The van der Waals surface area contributed by atoms with Crippen molar-refractivity contribution in [2.45, 2.75) is 35.9 Å². The van der Waals surface area contributed by atoms with E-state index in [2.05, 4.69) is 26.2 Å². The Morgan fingerprint density at radius 1 is 1.38 bits per heavy atom. The molecule has 0 unspecified atom stereocenters. The summed E-state index contributed by atoms with van der Waals surface area (Å²) < 4.78 is 68.7. The Kier molecular flexibility index (Phi) is 5.75. The highest BCUT2D eigenvalue weighted by Crippen LogP contribution is 2.46. The minimum absolute atomic E-state index is 0.213. The molecule has 2 heterocycles. The summed E-state index contributed by atoms with van der Waals surface area (Å²) >= 11 is 9.26. The van der Waals surface area contributed by atoms with Crippen LogP contribution in [0, 0.1) is 0 Å². The zero-order chi connectivity index (χ0) is 21.6. The Bertz CT molecular complexity index is 1070. The van der Waals surface area contributed by atoms with Gasteiger partial charge in [-0.1, -0.05) is 11.6 Å². The molecule has 0 aliphatic heterocycles. The first-order valence-corrected chi connectivity index (χ1v) is 10.9. The Morgan fingerprint density at radius 2 is 2.03 bits per heavy atom. The number of amides is 1. The molecule has 1 aliphatic rings. The number of alkyl halides is 3. The average Bonchev–Trinajstić information content (AvgIpc) is 2.85. The molecule has 1 fully saturated rings. The van der Waals surface area contributed by atoms with Gasteiger partial charge in [0, 0.05) is 25.1 Å². The molecule has 2 aromatic rings. The van der Waals surface area contributed by atoms with Crippen LogP contribution in [-0.4, -0.2) is 35.6 Å². The van der Waals surface area contributed by atoms with Crippen molar-refractivity contribution >= 4 is 49.1 Å². The molecule has 7 nitrogen and oxygen atoms in total. The van der Waals surface area contributed by atoms with Crippen molar-refractivity contribution in [3.05, 3.63) is 39.8 Å². The van der Waals surface area contributed by atoms with Crippen LogP contribution >= 0.6 is 27.5 Å². The molecule has 0 aromatic carbocycles. The van der Waals surface area contributed by atoms with Crippen LogP contribution in [0.1, 0.15) is 29.8 Å². The fraction of sp³-hybridized carbons (Fsp3) is 0.375. The molecular weight excluding hydrogens is 501 g/mol. The minimum atomic E-state index is -4.74. The maximum Gasteiger partial charge on any atom is 0.407 e. The van der Waals surface area contributed by atoms with Crippen molar-refractivity contribution in [1.29, 1.82) is 0 Å². The van der Waals surface area contributed by atoms with E-state index in [4.69, 9.17) is 11.6 Å². The smallest absolute Gasteiger partial charge is 0.344 e. The number of halogens is 5. The molecule has 1 saturated carbocycles. The molecule has 158 valence electrons. The van der Waals surface area contributed by atoms with Crippen LogP contribution < -0.4 is 10.0 Å². The Labute approximate surface area is 177 Å². The maximum atomic E-state index is 13.4. The average molecular weight is 516 g/mol. The van der Waals surface area contributed by atoms with Crippen molar-refractivity contribution in [1.82, 2.24) is 14.3 Å². The third kappa shape index (κ3) is 4.16. The zero-order valence-corrected chi connectivity index (χ0v) is 18.0. The molecule has 1 aliphatic carbocycles. The summed E-state index contributed by atoms with van der Waals surface area (Å²) in [6, 6.07) is 3.01. The van der Waals surface area contributed by atoms with Gasteiger partial charge >= 0.3 is 6.18 Å². The van der Waals surface area contributed by atoms with Crippen LogP contribution in [0.15, 0.2) is 34.0 Å². The summed E-state index contributed by atoms with van der Waals surface area (Å²) in [5.74, 6) is -0.730. The van der Waals surface area contributed by atoms with Crippen LogP contribution in [-0.2, 0) is 17.1 Å². The largest absolute Gasteiger partial charge is 0.407 e. The minimum Gasteiger partial charge on any atom is -0.344 e. The van der Waals surface area contributed by atoms with E-state index in [1.54, 1.807) is 4.72 Å². The lowest BCUT2D eigenvalue weighted by Crippen LogP contribution is -2.62. The van der Waals surface area contributed by atoms with E-state index < -0.39 is 37.6 Å². The molecule has 0 bridgehead atoms. The second-order valence-corrected chi connectivity index (χ2v) is 9.47. The quantitative estimate of drug-likeness (QED) is 0.592. The molecule has 0 radical (unpaired) electrons. The first kappa shape index (κ1) is 22.1. The number of carbonyl (C=O) groups is 1. The molecule has 0 atom stereocenters. The van der Waals surface area contributed by atoms with Crippen molar-refractivity contribution < 1.29 is 26.4 Å². The summed E-state index contributed by atoms with van der Waals surface area (Å²) in [6.45, 7) is 0. The van der Waals surface area contributed by atoms with Gasteiger partial charge in [0.25, 0.3) is 5.91 Å². The summed E-state index contributed by atoms with van der Waals surface area (Å²) in [4.78, 5) is 15.9. The summed E-state index contributed by atoms with van der Waals surface area (Å²) in [6.07, 6.45) is -2.77. The van der Waals surface area contributed by atoms with E-state index in [9.17, 15) is 26.4 Å². The fourth-order valence-corrected chi connectivity index (χ4v) is 5.48. The standard InChI is InChI=1S/C16H15BrClF3N4O3S/c1-25-8-10(29(27,28)24-15(4-2-5-15)16(19,20)21)12(18)13(25)14(26)23-9-3-6-22-11(17)7-9/h3,6-8,24H,2,4-5H2,1H3,(H,22,23,26). The molecule has 2 N–H and O–H groups in total. The Hall–Kier alpha value is -1.63. The molecule has 0 saturated heterocycles. The highest BCUT2D eigenvalue weighted by Gasteiger charge is 2.60. The molecule has 1 amide bonds. The number of aryl methyl sites for hydroxylation is 1. The monoisotopic (exact) mass is 514 g/mol. The van der Waals surface area contributed by atoms with E-state index in [1.165, 1.54) is 25.4 Å². The summed E-state index contributed by atoms with van der Waals surface area (Å²) in [7, 11) is -3.26. The number of carbonyl (C=O) groups excluding carboxylic acids is 1. The molecule has 2 aromatic heterocycles. The third-order valence-corrected chi connectivity index (χ3v) is 7.13. The lowest BCUT2D eigenvalue weighted by molar-refractivity contribution is -0.212. The number of aromatic nitrogens is 2. The highest BCUT2D eigenvalue weighted by molar-refractivity contribution is 9.10. The highest BCUT2D eigenvalue weighted by atomic mass is 79.9. The number of nitrogens with zero attached hydrogens (tertiary/aromatic N) is 2. The molecule has 13 heteroatoms. The van der Waals surface area contributed by atoms with Crippen molar-refractivity contribution in [2.24, 2.45) is 7.05 Å². The van der Waals surface area contributed by atoms with Crippen LogP contribution in [0.5, 0.6) is 0 Å². The van der Waals surface area contributed by atoms with E-state index in [0.717, 1.165) is 10.8 Å². The second kappa shape index (κ2) is 7.56. The van der Waals surface area contributed by atoms with Gasteiger partial charge in [-0.15, -0.1) is 0 Å². The van der Waals surface area contributed by atoms with Crippen molar-refractivity contribution in [2.75, 3.05) is 5.32 Å². The number of nitrogens with one attached hydrogen (secondary N) is 2. The van der Waals surface area contributed by atoms with Crippen LogP contribution in [0.25, 0.3) is 0 Å². The van der Waals surface area contributed by atoms with Gasteiger partial charge in [-0.2, -0.15) is 17.9 Å². The number of rotatable bonds is 5. The van der Waals surface area contributed by atoms with E-state index in [1.807, 2.05) is 0 Å². The van der Waals surface area contributed by atoms with Gasteiger partial charge in [-0.05, 0) is 47.3 Å². The summed E-state index contributed by atoms with van der Waals surface area (Å²) in [5.41, 5.74) is -2.37. The predicted octanol–water partition coefficient (Wildman–Crippen LogP) is 3.85. The Morgan fingerprint density at radius 3 is 2.55 bits per heavy atom. The first-order chi connectivity index (χ1) is 13.4. The third-order valence-electron chi connectivity index (χ3n) is 4.66. The topological polar surface area (TPSA) is 93.1 Å². The van der Waals surface area contributed by atoms with Gasteiger partial charge in [0.05, 0.1) is 5.02 Å². The van der Waals surface area contributed by atoms with E-state index >= 15 is 0 Å². The van der Waals surface area contributed by atoms with Crippen LogP contribution in [0.4, 0.5) is 18.9 Å². The number of anilines is 1.